The van der Waals surface area contributed by atoms with Gasteiger partial charge < -0.3 is 15.2 Å². The minimum atomic E-state index is -1.20. The Labute approximate surface area is 123 Å². The number of carboxylic acids is 1. The zero-order chi connectivity index (χ0) is 14.7. The minimum absolute atomic E-state index is 0.0686. The van der Waals surface area contributed by atoms with Gasteiger partial charge in [-0.2, -0.15) is 0 Å². The average molecular weight is 312 g/mol. The molecule has 104 valence electrons. The summed E-state index contributed by atoms with van der Waals surface area (Å²) in [6.07, 6.45) is 0. The molecule has 0 aliphatic carbocycles. The first-order chi connectivity index (χ1) is 9.52. The largest absolute Gasteiger partial charge is 0.496 e. The second-order valence-electron chi connectivity index (χ2n) is 3.77. The van der Waals surface area contributed by atoms with Crippen LogP contribution in [0.1, 0.15) is 20.0 Å². The number of hydrogen-bond acceptors (Lipinski definition) is 4. The van der Waals surface area contributed by atoms with Gasteiger partial charge in [0.15, 0.2) is 0 Å². The van der Waals surface area contributed by atoms with Gasteiger partial charge in [0.05, 0.1) is 22.7 Å². The lowest BCUT2D eigenvalue weighted by Crippen LogP contribution is -2.13. The number of amides is 1. The van der Waals surface area contributed by atoms with Crippen LogP contribution >= 0.6 is 22.9 Å². The van der Waals surface area contributed by atoms with Crippen LogP contribution in [0.2, 0.25) is 5.02 Å². The maximum absolute atomic E-state index is 12.0. The molecule has 1 heterocycles. The smallest absolute Gasteiger partial charge is 0.339 e. The Morgan fingerprint density at radius 1 is 1.40 bits per heavy atom. The molecule has 0 saturated heterocycles. The summed E-state index contributed by atoms with van der Waals surface area (Å²) in [5.74, 6) is -1.04. The van der Waals surface area contributed by atoms with Gasteiger partial charge in [-0.1, -0.05) is 17.7 Å². The fourth-order valence-corrected chi connectivity index (χ4v) is 2.58. The van der Waals surface area contributed by atoms with E-state index in [0.717, 1.165) is 0 Å². The number of nitrogens with one attached hydrogen (secondary N) is 1. The van der Waals surface area contributed by atoms with Crippen LogP contribution in [0.15, 0.2) is 29.6 Å². The summed E-state index contributed by atoms with van der Waals surface area (Å²) in [5, 5.41) is 13.4. The third-order valence-electron chi connectivity index (χ3n) is 2.51. The molecule has 0 fully saturated rings. The molecule has 0 spiro atoms. The number of hydrogen-bond donors (Lipinski definition) is 2. The van der Waals surface area contributed by atoms with Crippen molar-refractivity contribution in [1.29, 1.82) is 0 Å². The van der Waals surface area contributed by atoms with Crippen LogP contribution in [-0.4, -0.2) is 24.1 Å². The number of benzene rings is 1. The molecule has 0 unspecified atom stereocenters. The third kappa shape index (κ3) is 2.92. The molecular weight excluding hydrogens is 302 g/mol. The van der Waals surface area contributed by atoms with E-state index in [1.807, 2.05) is 0 Å². The van der Waals surface area contributed by atoms with E-state index in [1.54, 1.807) is 17.5 Å². The number of carboxylic acid groups (broad SMARTS) is 1. The van der Waals surface area contributed by atoms with E-state index in [4.69, 9.17) is 21.4 Å². The highest BCUT2D eigenvalue weighted by atomic mass is 35.5. The lowest BCUT2D eigenvalue weighted by Gasteiger charge is -2.08. The van der Waals surface area contributed by atoms with Crippen molar-refractivity contribution in [1.82, 2.24) is 0 Å². The summed E-state index contributed by atoms with van der Waals surface area (Å²) in [5.41, 5.74) is 0.0217. The topological polar surface area (TPSA) is 75.6 Å². The fraction of sp³-hybridized carbons (Fsp3) is 0.0769. The van der Waals surface area contributed by atoms with Gasteiger partial charge in [-0.05, 0) is 12.1 Å². The van der Waals surface area contributed by atoms with E-state index in [2.05, 4.69) is 5.32 Å². The molecule has 0 bridgehead atoms. The Hall–Kier alpha value is -2.05. The molecule has 7 heteroatoms. The first kappa shape index (κ1) is 14.4. The van der Waals surface area contributed by atoms with Gasteiger partial charge in [0.25, 0.3) is 5.91 Å². The summed E-state index contributed by atoms with van der Waals surface area (Å²) >= 11 is 7.03. The summed E-state index contributed by atoms with van der Waals surface area (Å²) in [6, 6.07) is 6.08. The monoisotopic (exact) mass is 311 g/mol. The number of aromatic carboxylic acids is 1. The second-order valence-corrected chi connectivity index (χ2v) is 5.09. The first-order valence-corrected chi connectivity index (χ1v) is 6.74. The molecule has 2 N–H and O–H groups in total. The highest BCUT2D eigenvalue weighted by molar-refractivity contribution is 7.12. The quantitative estimate of drug-likeness (QED) is 0.907. The number of rotatable bonds is 4. The summed E-state index contributed by atoms with van der Waals surface area (Å²) in [7, 11) is 1.50. The van der Waals surface area contributed by atoms with E-state index in [-0.39, 0.29) is 16.3 Å². The molecule has 20 heavy (non-hydrogen) atoms. The Morgan fingerprint density at radius 2 is 2.15 bits per heavy atom. The van der Waals surface area contributed by atoms with Crippen molar-refractivity contribution < 1.29 is 19.4 Å². The molecule has 2 aromatic rings. The third-order valence-corrected chi connectivity index (χ3v) is 3.73. The molecule has 0 aliphatic rings. The highest BCUT2D eigenvalue weighted by Crippen LogP contribution is 2.26. The van der Waals surface area contributed by atoms with E-state index < -0.39 is 11.9 Å². The Balaban J connectivity index is 2.28. The van der Waals surface area contributed by atoms with E-state index in [1.165, 1.54) is 30.6 Å². The van der Waals surface area contributed by atoms with Crippen molar-refractivity contribution in [3.8, 4) is 5.75 Å². The number of carbonyl (C=O) groups excluding carboxylic acids is 1. The van der Waals surface area contributed by atoms with E-state index >= 15 is 0 Å². The molecule has 0 atom stereocenters. The van der Waals surface area contributed by atoms with Crippen molar-refractivity contribution in [2.24, 2.45) is 0 Å². The van der Waals surface area contributed by atoms with Crippen LogP contribution in [0.4, 0.5) is 5.69 Å². The lowest BCUT2D eigenvalue weighted by atomic mass is 10.1. The number of anilines is 1. The van der Waals surface area contributed by atoms with Gasteiger partial charge in [-0.3, -0.25) is 4.79 Å². The van der Waals surface area contributed by atoms with Crippen LogP contribution < -0.4 is 10.1 Å². The standard InChI is InChI=1S/C13H10ClNO4S/c1-19-7-5-10(20-6-7)12(16)15-9-4-2-3-8(14)11(9)13(17)18/h2-6H,1H3,(H,15,16)(H,17,18). The number of methoxy groups -OCH3 is 1. The Morgan fingerprint density at radius 3 is 2.75 bits per heavy atom. The van der Waals surface area contributed by atoms with Gasteiger partial charge in [0, 0.05) is 11.4 Å². The van der Waals surface area contributed by atoms with Gasteiger partial charge in [0.2, 0.25) is 0 Å². The zero-order valence-electron chi connectivity index (χ0n) is 10.3. The van der Waals surface area contributed by atoms with Crippen LogP contribution in [0, 0.1) is 0 Å². The number of carbonyl (C=O) groups is 2. The molecule has 1 amide bonds. The SMILES string of the molecule is COc1csc(C(=O)Nc2cccc(Cl)c2C(=O)O)c1. The van der Waals surface area contributed by atoms with Gasteiger partial charge >= 0.3 is 5.97 Å². The molecular formula is C13H10ClNO4S. The Kier molecular flexibility index (Phi) is 4.26. The van der Waals surface area contributed by atoms with E-state index in [9.17, 15) is 9.59 Å². The predicted molar refractivity (Wildman–Crippen MR) is 77.2 cm³/mol. The van der Waals surface area contributed by atoms with Gasteiger partial charge in [-0.25, -0.2) is 4.79 Å². The zero-order valence-corrected chi connectivity index (χ0v) is 11.9. The molecule has 2 rings (SSSR count). The Bertz CT molecular complexity index is 668. The van der Waals surface area contributed by atoms with Crippen molar-refractivity contribution in [3.05, 3.63) is 45.1 Å². The van der Waals surface area contributed by atoms with Crippen molar-refractivity contribution in [2.45, 2.75) is 0 Å². The van der Waals surface area contributed by atoms with Gasteiger partial charge in [0.1, 0.15) is 11.3 Å². The van der Waals surface area contributed by atoms with E-state index in [0.29, 0.717) is 10.6 Å². The molecule has 0 aliphatic heterocycles. The highest BCUT2D eigenvalue weighted by Gasteiger charge is 2.17. The number of halogens is 1. The summed E-state index contributed by atoms with van der Waals surface area (Å²) in [4.78, 5) is 23.6. The predicted octanol–water partition coefficient (Wildman–Crippen LogP) is 3.36. The lowest BCUT2D eigenvalue weighted by molar-refractivity contribution is 0.0698. The molecule has 1 aromatic carbocycles. The van der Waals surface area contributed by atoms with Crippen LogP contribution in [0.25, 0.3) is 0 Å². The van der Waals surface area contributed by atoms with Gasteiger partial charge in [-0.15, -0.1) is 11.3 Å². The fourth-order valence-electron chi connectivity index (χ4n) is 1.57. The van der Waals surface area contributed by atoms with Crippen LogP contribution in [0.5, 0.6) is 5.75 Å². The number of thiophene rings is 1. The maximum Gasteiger partial charge on any atom is 0.339 e. The summed E-state index contributed by atoms with van der Waals surface area (Å²) < 4.78 is 4.99. The first-order valence-electron chi connectivity index (χ1n) is 5.48. The molecule has 5 nitrogen and oxygen atoms in total. The molecule has 0 saturated carbocycles. The maximum atomic E-state index is 12.0. The normalized spacial score (nSPS) is 10.1. The second kappa shape index (κ2) is 5.94. The van der Waals surface area contributed by atoms with Crippen molar-refractivity contribution in [3.63, 3.8) is 0 Å². The van der Waals surface area contributed by atoms with Crippen LogP contribution in [0.3, 0.4) is 0 Å². The average Bonchev–Trinajstić information content (AvgIpc) is 2.87. The van der Waals surface area contributed by atoms with Crippen LogP contribution in [-0.2, 0) is 0 Å². The number of ether oxygens (including phenoxy) is 1. The molecule has 0 radical (unpaired) electrons. The van der Waals surface area contributed by atoms with Crippen molar-refractivity contribution >= 4 is 40.5 Å². The summed E-state index contributed by atoms with van der Waals surface area (Å²) in [6.45, 7) is 0. The van der Waals surface area contributed by atoms with Crippen molar-refractivity contribution in [2.75, 3.05) is 12.4 Å². The molecule has 1 aromatic heterocycles. The minimum Gasteiger partial charge on any atom is -0.496 e.